The fraction of sp³-hybridized carbons (Fsp3) is 0.250. The van der Waals surface area contributed by atoms with Crippen molar-refractivity contribution in [1.82, 2.24) is 29.5 Å². The Balaban J connectivity index is 1.87. The number of aryl methyl sites for hydroxylation is 1. The quantitative estimate of drug-likeness (QED) is 0.787. The molecule has 0 fully saturated rings. The zero-order valence-electron chi connectivity index (χ0n) is 10.9. The van der Waals surface area contributed by atoms with Crippen molar-refractivity contribution in [3.05, 3.63) is 40.8 Å². The van der Waals surface area contributed by atoms with E-state index in [4.69, 9.17) is 0 Å². The third kappa shape index (κ3) is 2.25. The lowest BCUT2D eigenvalue weighted by molar-refractivity contribution is 0.0940. The Labute approximate surface area is 118 Å². The molecular weight excluding hydrogens is 276 g/mol. The Morgan fingerprint density at radius 1 is 1.50 bits per heavy atom. The molecule has 1 atom stereocenters. The Kier molecular flexibility index (Phi) is 3.15. The van der Waals surface area contributed by atoms with Crippen molar-refractivity contribution in [3.8, 4) is 0 Å². The number of nitrogens with zero attached hydrogens (tertiary/aromatic N) is 5. The molecule has 3 aromatic heterocycles. The number of hydrogen-bond acceptors (Lipinski definition) is 6. The third-order valence-electron chi connectivity index (χ3n) is 2.92. The highest BCUT2D eigenvalue weighted by molar-refractivity contribution is 7.03. The Hall–Kier alpha value is -2.35. The van der Waals surface area contributed by atoms with E-state index in [2.05, 4.69) is 25.0 Å². The highest BCUT2D eigenvalue weighted by Crippen LogP contribution is 2.13. The summed E-state index contributed by atoms with van der Waals surface area (Å²) in [5, 5.41) is 12.7. The normalized spacial score (nSPS) is 12.5. The molecule has 3 rings (SSSR count). The first-order valence-electron chi connectivity index (χ1n) is 6.04. The molecule has 0 aliphatic heterocycles. The minimum atomic E-state index is -0.224. The van der Waals surface area contributed by atoms with Gasteiger partial charge in [-0.05, 0) is 31.4 Å². The number of carbonyl (C=O) groups excluding carboxylic acids is 1. The second kappa shape index (κ2) is 4.97. The number of aromatic nitrogens is 5. The molecule has 7 nitrogen and oxygen atoms in total. The number of carbonyl (C=O) groups is 1. The molecule has 0 spiro atoms. The summed E-state index contributed by atoms with van der Waals surface area (Å²) in [4.78, 5) is 16.6. The van der Waals surface area contributed by atoms with Crippen LogP contribution in [-0.4, -0.2) is 30.1 Å². The van der Waals surface area contributed by atoms with Crippen LogP contribution < -0.4 is 5.32 Å². The predicted octanol–water partition coefficient (Wildman–Crippen LogP) is 1.38. The molecule has 1 amide bonds. The summed E-state index contributed by atoms with van der Waals surface area (Å²) in [6.45, 7) is 3.73. The Bertz CT molecular complexity index is 750. The summed E-state index contributed by atoms with van der Waals surface area (Å²) < 4.78 is 5.37. The lowest BCUT2D eigenvalue weighted by Gasteiger charge is -2.09. The number of nitrogens with one attached hydrogen (secondary N) is 1. The van der Waals surface area contributed by atoms with Gasteiger partial charge in [0.2, 0.25) is 0 Å². The highest BCUT2D eigenvalue weighted by atomic mass is 32.1. The summed E-state index contributed by atoms with van der Waals surface area (Å²) >= 11 is 1.26. The van der Waals surface area contributed by atoms with E-state index in [-0.39, 0.29) is 11.9 Å². The van der Waals surface area contributed by atoms with Gasteiger partial charge in [0.1, 0.15) is 5.56 Å². The van der Waals surface area contributed by atoms with Crippen LogP contribution in [0.15, 0.2) is 23.8 Å². The van der Waals surface area contributed by atoms with Crippen molar-refractivity contribution in [2.75, 3.05) is 0 Å². The molecular formula is C12H12N6OS. The third-order valence-corrected chi connectivity index (χ3v) is 3.44. The van der Waals surface area contributed by atoms with Gasteiger partial charge >= 0.3 is 0 Å². The molecule has 0 radical (unpaired) electrons. The number of fused-ring (bicyclic) bond motifs is 1. The van der Waals surface area contributed by atoms with Gasteiger partial charge in [0.15, 0.2) is 5.65 Å². The summed E-state index contributed by atoms with van der Waals surface area (Å²) in [5.74, 6) is -0.224. The Morgan fingerprint density at radius 2 is 2.35 bits per heavy atom. The van der Waals surface area contributed by atoms with Gasteiger partial charge in [0, 0.05) is 17.3 Å². The molecule has 8 heteroatoms. The van der Waals surface area contributed by atoms with Crippen LogP contribution in [0.4, 0.5) is 0 Å². The molecule has 3 heterocycles. The van der Waals surface area contributed by atoms with Gasteiger partial charge in [-0.25, -0.2) is 9.50 Å². The van der Waals surface area contributed by atoms with E-state index in [1.165, 1.54) is 17.7 Å². The number of hydrogen-bond donors (Lipinski definition) is 1. The van der Waals surface area contributed by atoms with Crippen molar-refractivity contribution in [2.24, 2.45) is 0 Å². The highest BCUT2D eigenvalue weighted by Gasteiger charge is 2.18. The van der Waals surface area contributed by atoms with Crippen molar-refractivity contribution in [3.63, 3.8) is 0 Å². The summed E-state index contributed by atoms with van der Waals surface area (Å²) in [6, 6.07) is 1.63. The van der Waals surface area contributed by atoms with E-state index in [9.17, 15) is 4.79 Å². The van der Waals surface area contributed by atoms with Gasteiger partial charge in [-0.1, -0.05) is 4.49 Å². The van der Waals surface area contributed by atoms with Crippen molar-refractivity contribution in [2.45, 2.75) is 19.9 Å². The summed E-state index contributed by atoms with van der Waals surface area (Å²) in [6.07, 6.45) is 3.30. The standard InChI is InChI=1S/C12H12N6OS/c1-7-3-4-18-11(14-7)9(5-13-18)12(19)15-8(2)10-6-20-17-16-10/h3-6,8H,1-2H3,(H,15,19). The van der Waals surface area contributed by atoms with E-state index < -0.39 is 0 Å². The minimum absolute atomic E-state index is 0.207. The first-order chi connectivity index (χ1) is 9.65. The average molecular weight is 288 g/mol. The van der Waals surface area contributed by atoms with Gasteiger partial charge in [-0.2, -0.15) is 5.10 Å². The van der Waals surface area contributed by atoms with Crippen LogP contribution in [0.1, 0.15) is 34.7 Å². The molecule has 0 saturated carbocycles. The molecule has 0 saturated heterocycles. The average Bonchev–Trinajstić information content (AvgIpc) is 3.07. The summed E-state index contributed by atoms with van der Waals surface area (Å²) in [7, 11) is 0. The summed E-state index contributed by atoms with van der Waals surface area (Å²) in [5.41, 5.74) is 2.57. The number of rotatable bonds is 3. The fourth-order valence-corrected chi connectivity index (χ4v) is 2.38. The molecule has 20 heavy (non-hydrogen) atoms. The molecule has 0 bridgehead atoms. The van der Waals surface area contributed by atoms with E-state index in [0.717, 1.165) is 11.4 Å². The SMILES string of the molecule is Cc1ccn2ncc(C(=O)NC(C)c3csnn3)c2n1. The topological polar surface area (TPSA) is 85.1 Å². The van der Waals surface area contributed by atoms with Gasteiger partial charge in [0.05, 0.1) is 17.9 Å². The van der Waals surface area contributed by atoms with Crippen LogP contribution >= 0.6 is 11.5 Å². The van der Waals surface area contributed by atoms with E-state index >= 15 is 0 Å². The van der Waals surface area contributed by atoms with Gasteiger partial charge in [-0.3, -0.25) is 4.79 Å². The lowest BCUT2D eigenvalue weighted by atomic mass is 10.2. The van der Waals surface area contributed by atoms with Crippen molar-refractivity contribution < 1.29 is 4.79 Å². The largest absolute Gasteiger partial charge is 0.344 e. The van der Waals surface area contributed by atoms with Crippen molar-refractivity contribution in [1.29, 1.82) is 0 Å². The van der Waals surface area contributed by atoms with Crippen LogP contribution in [-0.2, 0) is 0 Å². The second-order valence-electron chi connectivity index (χ2n) is 4.42. The molecule has 0 aliphatic rings. The molecule has 3 aromatic rings. The monoisotopic (exact) mass is 288 g/mol. The zero-order chi connectivity index (χ0) is 14.1. The van der Waals surface area contributed by atoms with Gasteiger partial charge < -0.3 is 5.32 Å². The zero-order valence-corrected chi connectivity index (χ0v) is 11.8. The second-order valence-corrected chi connectivity index (χ2v) is 5.03. The molecule has 1 N–H and O–H groups in total. The van der Waals surface area contributed by atoms with E-state index in [1.807, 2.05) is 25.3 Å². The van der Waals surface area contributed by atoms with Crippen LogP contribution in [0.5, 0.6) is 0 Å². The predicted molar refractivity (Wildman–Crippen MR) is 73.5 cm³/mol. The van der Waals surface area contributed by atoms with Crippen LogP contribution in [0.2, 0.25) is 0 Å². The molecule has 102 valence electrons. The van der Waals surface area contributed by atoms with E-state index in [0.29, 0.717) is 11.2 Å². The first-order valence-corrected chi connectivity index (χ1v) is 6.87. The Morgan fingerprint density at radius 3 is 3.10 bits per heavy atom. The molecule has 1 unspecified atom stereocenters. The minimum Gasteiger partial charge on any atom is -0.344 e. The van der Waals surface area contributed by atoms with Crippen LogP contribution in [0.25, 0.3) is 5.65 Å². The fourth-order valence-electron chi connectivity index (χ4n) is 1.83. The van der Waals surface area contributed by atoms with Crippen LogP contribution in [0, 0.1) is 6.92 Å². The molecule has 0 aliphatic carbocycles. The van der Waals surface area contributed by atoms with Crippen molar-refractivity contribution >= 4 is 23.1 Å². The maximum atomic E-state index is 12.3. The van der Waals surface area contributed by atoms with Gasteiger partial charge in [0.25, 0.3) is 5.91 Å². The lowest BCUT2D eigenvalue weighted by Crippen LogP contribution is -2.26. The first kappa shape index (κ1) is 12.7. The maximum Gasteiger partial charge on any atom is 0.257 e. The van der Waals surface area contributed by atoms with Gasteiger partial charge in [-0.15, -0.1) is 5.10 Å². The smallest absolute Gasteiger partial charge is 0.257 e. The maximum absolute atomic E-state index is 12.3. The van der Waals surface area contributed by atoms with E-state index in [1.54, 1.807) is 10.7 Å². The number of amides is 1. The van der Waals surface area contributed by atoms with Crippen LogP contribution in [0.3, 0.4) is 0 Å². The molecule has 0 aromatic carbocycles.